The molecule has 0 N–H and O–H groups in total. The van der Waals surface area contributed by atoms with Crippen LogP contribution >= 0.6 is 0 Å². The molecule has 0 aliphatic carbocycles. The zero-order chi connectivity index (χ0) is 12.3. The molecule has 1 heterocycles. The summed E-state index contributed by atoms with van der Waals surface area (Å²) in [6.45, 7) is 2.18. The van der Waals surface area contributed by atoms with Crippen LogP contribution in [0.15, 0.2) is 42.0 Å². The van der Waals surface area contributed by atoms with Crippen molar-refractivity contribution in [1.29, 1.82) is 0 Å². The molecule has 2 rings (SSSR count). The van der Waals surface area contributed by atoms with Crippen molar-refractivity contribution < 1.29 is 9.59 Å². The molecule has 1 aromatic rings. The lowest BCUT2D eigenvalue weighted by atomic mass is 10.1. The maximum absolute atomic E-state index is 11.6. The van der Waals surface area contributed by atoms with E-state index in [1.807, 2.05) is 18.2 Å². The molecule has 2 amide bonds. The van der Waals surface area contributed by atoms with Crippen LogP contribution in [0.5, 0.6) is 0 Å². The smallest absolute Gasteiger partial charge is 0.256 e. The summed E-state index contributed by atoms with van der Waals surface area (Å²) in [6.07, 6.45) is 3.10. The minimum Gasteiger partial charge on any atom is -0.275 e. The van der Waals surface area contributed by atoms with Gasteiger partial charge in [-0.05, 0) is 25.3 Å². The van der Waals surface area contributed by atoms with E-state index in [2.05, 4.69) is 12.1 Å². The Morgan fingerprint density at radius 3 is 2.41 bits per heavy atom. The molecule has 0 unspecified atom stereocenters. The predicted molar refractivity (Wildman–Crippen MR) is 65.2 cm³/mol. The molecule has 0 aromatic heterocycles. The second kappa shape index (κ2) is 4.95. The maximum Gasteiger partial charge on any atom is 0.256 e. The fraction of sp³-hybridized carbons (Fsp3) is 0.286. The van der Waals surface area contributed by atoms with Gasteiger partial charge in [0.25, 0.3) is 11.8 Å². The predicted octanol–water partition coefficient (Wildman–Crippen LogP) is 1.93. The summed E-state index contributed by atoms with van der Waals surface area (Å²) >= 11 is 0. The van der Waals surface area contributed by atoms with E-state index in [1.165, 1.54) is 16.5 Å². The number of benzene rings is 1. The van der Waals surface area contributed by atoms with E-state index < -0.39 is 0 Å². The third-order valence-corrected chi connectivity index (χ3v) is 2.88. The summed E-state index contributed by atoms with van der Waals surface area (Å²) in [5.41, 5.74) is 1.77. The van der Waals surface area contributed by atoms with Crippen molar-refractivity contribution in [2.75, 3.05) is 6.54 Å². The molecular weight excluding hydrogens is 214 g/mol. The Morgan fingerprint density at radius 1 is 1.12 bits per heavy atom. The highest BCUT2D eigenvalue weighted by atomic mass is 16.2. The van der Waals surface area contributed by atoms with Crippen LogP contribution in [0.25, 0.3) is 0 Å². The standard InChI is InChI=1S/C14H15NO2/c1-11-10-13(16)15(14(11)17)9-5-8-12-6-3-2-4-7-12/h2-4,6-7,10H,5,8-9H2,1H3. The van der Waals surface area contributed by atoms with Crippen molar-refractivity contribution in [2.45, 2.75) is 19.8 Å². The van der Waals surface area contributed by atoms with E-state index in [0.29, 0.717) is 12.1 Å². The molecule has 17 heavy (non-hydrogen) atoms. The second-order valence-corrected chi connectivity index (χ2v) is 4.21. The van der Waals surface area contributed by atoms with Crippen LogP contribution < -0.4 is 0 Å². The second-order valence-electron chi connectivity index (χ2n) is 4.21. The van der Waals surface area contributed by atoms with Gasteiger partial charge in [0.2, 0.25) is 0 Å². The lowest BCUT2D eigenvalue weighted by Gasteiger charge is -2.13. The van der Waals surface area contributed by atoms with Gasteiger partial charge in [-0.1, -0.05) is 30.3 Å². The van der Waals surface area contributed by atoms with Gasteiger partial charge in [0, 0.05) is 18.2 Å². The Labute approximate surface area is 101 Å². The Bertz CT molecular complexity index is 462. The lowest BCUT2D eigenvalue weighted by molar-refractivity contribution is -0.137. The number of carbonyl (C=O) groups is 2. The monoisotopic (exact) mass is 229 g/mol. The van der Waals surface area contributed by atoms with Crippen LogP contribution in [-0.4, -0.2) is 23.3 Å². The normalized spacial score (nSPS) is 15.4. The number of carbonyl (C=O) groups excluding carboxylic acids is 2. The summed E-state index contributed by atoms with van der Waals surface area (Å²) in [4.78, 5) is 24.4. The maximum atomic E-state index is 11.6. The average Bonchev–Trinajstić information content (AvgIpc) is 2.57. The van der Waals surface area contributed by atoms with Crippen molar-refractivity contribution in [3.63, 3.8) is 0 Å². The van der Waals surface area contributed by atoms with Crippen molar-refractivity contribution >= 4 is 11.8 Å². The van der Waals surface area contributed by atoms with Crippen LogP contribution in [0.3, 0.4) is 0 Å². The quantitative estimate of drug-likeness (QED) is 0.740. The zero-order valence-electron chi connectivity index (χ0n) is 9.85. The summed E-state index contributed by atoms with van der Waals surface area (Å²) in [7, 11) is 0. The first-order valence-electron chi connectivity index (χ1n) is 5.76. The molecule has 0 radical (unpaired) electrons. The molecule has 0 saturated carbocycles. The van der Waals surface area contributed by atoms with Crippen LogP contribution in [-0.2, 0) is 16.0 Å². The fourth-order valence-corrected chi connectivity index (χ4v) is 1.94. The Hall–Kier alpha value is -1.90. The highest BCUT2D eigenvalue weighted by Gasteiger charge is 2.27. The topological polar surface area (TPSA) is 37.4 Å². The summed E-state index contributed by atoms with van der Waals surface area (Å²) < 4.78 is 0. The molecule has 1 aliphatic heterocycles. The van der Waals surface area contributed by atoms with Crippen molar-refractivity contribution in [3.8, 4) is 0 Å². The lowest BCUT2D eigenvalue weighted by Crippen LogP contribution is -2.31. The minimum absolute atomic E-state index is 0.150. The molecule has 0 saturated heterocycles. The number of aryl methyl sites for hydroxylation is 1. The highest BCUT2D eigenvalue weighted by Crippen LogP contribution is 2.13. The van der Waals surface area contributed by atoms with Crippen molar-refractivity contribution in [1.82, 2.24) is 4.90 Å². The number of amides is 2. The van der Waals surface area contributed by atoms with E-state index >= 15 is 0 Å². The molecule has 3 heteroatoms. The molecule has 0 spiro atoms. The number of rotatable bonds is 4. The molecule has 0 bridgehead atoms. The van der Waals surface area contributed by atoms with Gasteiger partial charge in [-0.15, -0.1) is 0 Å². The minimum atomic E-state index is -0.180. The van der Waals surface area contributed by atoms with Gasteiger partial charge in [0.1, 0.15) is 0 Å². The van der Waals surface area contributed by atoms with Gasteiger partial charge in [0.05, 0.1) is 0 Å². The zero-order valence-corrected chi connectivity index (χ0v) is 9.85. The molecule has 0 atom stereocenters. The summed E-state index contributed by atoms with van der Waals surface area (Å²) in [5, 5.41) is 0. The SMILES string of the molecule is CC1=CC(=O)N(CCCc2ccccc2)C1=O. The third kappa shape index (κ3) is 2.61. The van der Waals surface area contributed by atoms with E-state index in [-0.39, 0.29) is 11.8 Å². The number of nitrogens with zero attached hydrogens (tertiary/aromatic N) is 1. The van der Waals surface area contributed by atoms with Crippen molar-refractivity contribution in [2.24, 2.45) is 0 Å². The Kier molecular flexibility index (Phi) is 3.38. The summed E-state index contributed by atoms with van der Waals surface area (Å²) in [6, 6.07) is 10.1. The van der Waals surface area contributed by atoms with E-state index in [9.17, 15) is 9.59 Å². The van der Waals surface area contributed by atoms with Gasteiger partial charge >= 0.3 is 0 Å². The number of hydrogen-bond acceptors (Lipinski definition) is 2. The first kappa shape index (κ1) is 11.6. The first-order valence-corrected chi connectivity index (χ1v) is 5.76. The highest BCUT2D eigenvalue weighted by molar-refractivity contribution is 6.15. The molecule has 3 nitrogen and oxygen atoms in total. The molecule has 1 aliphatic rings. The van der Waals surface area contributed by atoms with Crippen LogP contribution in [0.1, 0.15) is 18.9 Å². The molecule has 1 aromatic carbocycles. The van der Waals surface area contributed by atoms with Gasteiger partial charge in [-0.3, -0.25) is 14.5 Å². The fourth-order valence-electron chi connectivity index (χ4n) is 1.94. The van der Waals surface area contributed by atoms with Crippen molar-refractivity contribution in [3.05, 3.63) is 47.5 Å². The molecule has 88 valence electrons. The van der Waals surface area contributed by atoms with Gasteiger partial charge in [-0.2, -0.15) is 0 Å². The van der Waals surface area contributed by atoms with Gasteiger partial charge in [-0.25, -0.2) is 0 Å². The Morgan fingerprint density at radius 2 is 1.82 bits per heavy atom. The first-order chi connectivity index (χ1) is 8.18. The van der Waals surface area contributed by atoms with E-state index in [1.54, 1.807) is 6.92 Å². The number of hydrogen-bond donors (Lipinski definition) is 0. The average molecular weight is 229 g/mol. The van der Waals surface area contributed by atoms with Gasteiger partial charge in [0.15, 0.2) is 0 Å². The van der Waals surface area contributed by atoms with E-state index in [4.69, 9.17) is 0 Å². The van der Waals surface area contributed by atoms with Gasteiger partial charge < -0.3 is 0 Å². The third-order valence-electron chi connectivity index (χ3n) is 2.88. The number of imide groups is 1. The molecular formula is C14H15NO2. The van der Waals surface area contributed by atoms with E-state index in [0.717, 1.165) is 12.8 Å². The van der Waals surface area contributed by atoms with Crippen LogP contribution in [0.2, 0.25) is 0 Å². The molecule has 0 fully saturated rings. The Balaban J connectivity index is 1.84. The van der Waals surface area contributed by atoms with Crippen LogP contribution in [0.4, 0.5) is 0 Å². The summed E-state index contributed by atoms with van der Waals surface area (Å²) in [5.74, 6) is -0.330. The largest absolute Gasteiger partial charge is 0.275 e. The van der Waals surface area contributed by atoms with Crippen LogP contribution in [0, 0.1) is 0 Å².